The van der Waals surface area contributed by atoms with Crippen LogP contribution in [-0.2, 0) is 17.7 Å². The van der Waals surface area contributed by atoms with Crippen LogP contribution < -0.4 is 5.32 Å². The van der Waals surface area contributed by atoms with E-state index in [4.69, 9.17) is 4.74 Å². The van der Waals surface area contributed by atoms with Crippen molar-refractivity contribution in [3.8, 4) is 0 Å². The third kappa shape index (κ3) is 3.32. The zero-order valence-electron chi connectivity index (χ0n) is 14.6. The zero-order chi connectivity index (χ0) is 16.4. The summed E-state index contributed by atoms with van der Waals surface area (Å²) in [6.45, 7) is 8.38. The van der Waals surface area contributed by atoms with Crippen molar-refractivity contribution in [2.24, 2.45) is 10.4 Å². The number of nitrogens with zero attached hydrogens (tertiary/aromatic N) is 3. The van der Waals surface area contributed by atoms with Crippen LogP contribution in [0.2, 0.25) is 0 Å². The van der Waals surface area contributed by atoms with Gasteiger partial charge in [-0.3, -0.25) is 9.89 Å². The molecule has 4 rings (SSSR count). The van der Waals surface area contributed by atoms with Gasteiger partial charge in [0.05, 0.1) is 6.61 Å². The summed E-state index contributed by atoms with van der Waals surface area (Å²) in [4.78, 5) is 11.1. The van der Waals surface area contributed by atoms with Gasteiger partial charge in [-0.15, -0.1) is 11.3 Å². The highest BCUT2D eigenvalue weighted by Crippen LogP contribution is 2.38. The van der Waals surface area contributed by atoms with Gasteiger partial charge in [-0.1, -0.05) is 0 Å². The fraction of sp³-hybridized carbons (Fsp3) is 0.722. The first-order chi connectivity index (χ1) is 11.8. The molecular weight excluding hydrogens is 320 g/mol. The lowest BCUT2D eigenvalue weighted by atomic mass is 9.87. The number of hydrogen-bond donors (Lipinski definition) is 1. The highest BCUT2D eigenvalue weighted by atomic mass is 32.1. The summed E-state index contributed by atoms with van der Waals surface area (Å²) in [5.41, 5.74) is 1.91. The predicted molar refractivity (Wildman–Crippen MR) is 98.7 cm³/mol. The average Bonchev–Trinajstić information content (AvgIpc) is 3.33. The molecule has 132 valence electrons. The SMILES string of the molecule is CN=C(NCCN1CCc2sccc2C1)N1CCC2(CCOC2)C1. The number of thiophene rings is 1. The van der Waals surface area contributed by atoms with Crippen LogP contribution in [0.4, 0.5) is 0 Å². The molecule has 1 aromatic heterocycles. The smallest absolute Gasteiger partial charge is 0.193 e. The summed E-state index contributed by atoms with van der Waals surface area (Å²) >= 11 is 1.91. The number of nitrogens with one attached hydrogen (secondary N) is 1. The molecule has 0 aliphatic carbocycles. The van der Waals surface area contributed by atoms with Gasteiger partial charge in [0.1, 0.15) is 0 Å². The van der Waals surface area contributed by atoms with Gasteiger partial charge in [0.15, 0.2) is 5.96 Å². The lowest BCUT2D eigenvalue weighted by Crippen LogP contribution is -2.44. The summed E-state index contributed by atoms with van der Waals surface area (Å²) in [6.07, 6.45) is 3.65. The number of ether oxygens (including phenoxy) is 1. The minimum absolute atomic E-state index is 0.389. The Morgan fingerprint density at radius 1 is 1.42 bits per heavy atom. The summed E-state index contributed by atoms with van der Waals surface area (Å²) in [7, 11) is 1.90. The Hall–Kier alpha value is -1.11. The molecule has 1 N–H and O–H groups in total. The van der Waals surface area contributed by atoms with Crippen LogP contribution in [0.25, 0.3) is 0 Å². The van der Waals surface area contributed by atoms with Gasteiger partial charge >= 0.3 is 0 Å². The van der Waals surface area contributed by atoms with Crippen molar-refractivity contribution in [2.75, 3.05) is 53.0 Å². The minimum Gasteiger partial charge on any atom is -0.381 e. The van der Waals surface area contributed by atoms with Crippen molar-refractivity contribution < 1.29 is 4.74 Å². The second-order valence-electron chi connectivity index (χ2n) is 7.34. The van der Waals surface area contributed by atoms with E-state index in [1.54, 1.807) is 4.88 Å². The van der Waals surface area contributed by atoms with E-state index in [2.05, 4.69) is 31.6 Å². The largest absolute Gasteiger partial charge is 0.381 e. The third-order valence-corrected chi connectivity index (χ3v) is 6.76. The van der Waals surface area contributed by atoms with Crippen molar-refractivity contribution in [1.82, 2.24) is 15.1 Å². The molecule has 2 saturated heterocycles. The number of likely N-dealkylation sites (tertiary alicyclic amines) is 1. The Balaban J connectivity index is 1.25. The highest BCUT2D eigenvalue weighted by Gasteiger charge is 2.42. The Labute approximate surface area is 148 Å². The molecule has 0 amide bonds. The summed E-state index contributed by atoms with van der Waals surface area (Å²) in [5.74, 6) is 1.06. The topological polar surface area (TPSA) is 40.1 Å². The Kier molecular flexibility index (Phi) is 4.79. The molecule has 1 spiro atoms. The molecule has 1 atom stereocenters. The van der Waals surface area contributed by atoms with E-state index in [-0.39, 0.29) is 0 Å². The van der Waals surface area contributed by atoms with Crippen molar-refractivity contribution in [3.05, 3.63) is 21.9 Å². The van der Waals surface area contributed by atoms with Crippen LogP contribution in [-0.4, -0.2) is 68.7 Å². The highest BCUT2D eigenvalue weighted by molar-refractivity contribution is 7.10. The zero-order valence-corrected chi connectivity index (χ0v) is 15.4. The third-order valence-electron chi connectivity index (χ3n) is 5.73. The number of fused-ring (bicyclic) bond motifs is 1. The van der Waals surface area contributed by atoms with Crippen molar-refractivity contribution in [3.63, 3.8) is 0 Å². The van der Waals surface area contributed by atoms with E-state index >= 15 is 0 Å². The maximum absolute atomic E-state index is 5.63. The van der Waals surface area contributed by atoms with Crippen molar-refractivity contribution >= 4 is 17.3 Å². The van der Waals surface area contributed by atoms with Crippen LogP contribution in [0.15, 0.2) is 16.4 Å². The van der Waals surface area contributed by atoms with Gasteiger partial charge in [0.25, 0.3) is 0 Å². The van der Waals surface area contributed by atoms with E-state index in [1.807, 2.05) is 18.4 Å². The van der Waals surface area contributed by atoms with Crippen LogP contribution in [0.5, 0.6) is 0 Å². The molecule has 0 aromatic carbocycles. The predicted octanol–water partition coefficient (Wildman–Crippen LogP) is 1.79. The van der Waals surface area contributed by atoms with E-state index in [0.717, 1.165) is 51.9 Å². The van der Waals surface area contributed by atoms with Gasteiger partial charge in [-0.25, -0.2) is 0 Å². The first-order valence-electron chi connectivity index (χ1n) is 9.09. The van der Waals surface area contributed by atoms with Crippen LogP contribution in [0, 0.1) is 5.41 Å². The molecular formula is C18H28N4OS. The molecule has 1 unspecified atom stereocenters. The van der Waals surface area contributed by atoms with Gasteiger partial charge in [0.2, 0.25) is 0 Å². The monoisotopic (exact) mass is 348 g/mol. The lowest BCUT2D eigenvalue weighted by Gasteiger charge is -2.28. The molecule has 0 radical (unpaired) electrons. The average molecular weight is 349 g/mol. The maximum atomic E-state index is 5.63. The fourth-order valence-corrected chi connectivity index (χ4v) is 5.13. The molecule has 0 saturated carbocycles. The molecule has 5 nitrogen and oxygen atoms in total. The molecule has 1 aromatic rings. The first-order valence-corrected chi connectivity index (χ1v) is 9.97. The molecule has 2 fully saturated rings. The van der Waals surface area contributed by atoms with E-state index in [0.29, 0.717) is 5.41 Å². The normalized spacial score (nSPS) is 27.9. The molecule has 0 bridgehead atoms. The Bertz CT molecular complexity index is 594. The van der Waals surface area contributed by atoms with Crippen LogP contribution in [0.3, 0.4) is 0 Å². The van der Waals surface area contributed by atoms with E-state index in [9.17, 15) is 0 Å². The summed E-state index contributed by atoms with van der Waals surface area (Å²) < 4.78 is 5.63. The lowest BCUT2D eigenvalue weighted by molar-refractivity contribution is 0.156. The number of guanidine groups is 1. The minimum atomic E-state index is 0.389. The first kappa shape index (κ1) is 16.4. The Morgan fingerprint density at radius 3 is 3.21 bits per heavy atom. The fourth-order valence-electron chi connectivity index (χ4n) is 4.24. The van der Waals surface area contributed by atoms with Gasteiger partial charge in [-0.05, 0) is 36.3 Å². The summed E-state index contributed by atoms with van der Waals surface area (Å²) in [6, 6.07) is 2.28. The number of rotatable bonds is 3. The summed E-state index contributed by atoms with van der Waals surface area (Å²) in [5, 5.41) is 5.81. The molecule has 3 aliphatic heterocycles. The van der Waals surface area contributed by atoms with Crippen molar-refractivity contribution in [1.29, 1.82) is 0 Å². The van der Waals surface area contributed by atoms with Gasteiger partial charge in [0, 0.05) is 63.2 Å². The van der Waals surface area contributed by atoms with Crippen molar-refractivity contribution in [2.45, 2.75) is 25.8 Å². The van der Waals surface area contributed by atoms with Crippen LogP contribution >= 0.6 is 11.3 Å². The molecule has 4 heterocycles. The quantitative estimate of drug-likeness (QED) is 0.668. The maximum Gasteiger partial charge on any atom is 0.193 e. The Morgan fingerprint density at radius 2 is 2.38 bits per heavy atom. The molecule has 24 heavy (non-hydrogen) atoms. The number of aliphatic imine (C=N–C) groups is 1. The van der Waals surface area contributed by atoms with E-state index < -0.39 is 0 Å². The number of hydrogen-bond acceptors (Lipinski definition) is 4. The van der Waals surface area contributed by atoms with Gasteiger partial charge in [-0.2, -0.15) is 0 Å². The van der Waals surface area contributed by atoms with Crippen LogP contribution in [0.1, 0.15) is 23.3 Å². The standard InChI is InChI=1S/C18H28N4OS/c1-19-17(22-8-4-18(13-22)5-10-23-14-18)20-6-9-21-7-2-16-15(12-21)3-11-24-16/h3,11H,2,4-10,12-14H2,1H3,(H,19,20). The molecule has 3 aliphatic rings. The second-order valence-corrected chi connectivity index (χ2v) is 8.34. The second kappa shape index (κ2) is 7.02. The molecule has 6 heteroatoms. The van der Waals surface area contributed by atoms with E-state index in [1.165, 1.54) is 31.4 Å². The van der Waals surface area contributed by atoms with Gasteiger partial charge < -0.3 is 15.0 Å².